The van der Waals surface area contributed by atoms with Gasteiger partial charge in [-0.1, -0.05) is 29.8 Å². The van der Waals surface area contributed by atoms with E-state index in [4.69, 9.17) is 16.3 Å². The molecule has 0 aliphatic heterocycles. The van der Waals surface area contributed by atoms with Crippen molar-refractivity contribution in [2.75, 3.05) is 12.4 Å². The van der Waals surface area contributed by atoms with E-state index in [1.807, 2.05) is 30.3 Å². The van der Waals surface area contributed by atoms with E-state index in [1.54, 1.807) is 12.1 Å². The fraction of sp³-hybridized carbons (Fsp3) is 0.133. The standard InChI is InChI=1S/C15H13BrClNO2/c1-20-15(19)11-4-2-3-5-14(11)18-9-10-6-7-13(17)12(16)8-10/h2-8,18H,9H2,1H3. The van der Waals surface area contributed by atoms with Gasteiger partial charge in [-0.15, -0.1) is 0 Å². The Labute approximate surface area is 131 Å². The molecule has 0 spiro atoms. The Kier molecular flexibility index (Phi) is 5.04. The van der Waals surface area contributed by atoms with E-state index in [0.717, 1.165) is 15.7 Å². The van der Waals surface area contributed by atoms with Crippen molar-refractivity contribution in [3.8, 4) is 0 Å². The number of carbonyl (C=O) groups is 1. The number of esters is 1. The minimum Gasteiger partial charge on any atom is -0.465 e. The molecule has 0 saturated carbocycles. The van der Waals surface area contributed by atoms with Gasteiger partial charge in [0.25, 0.3) is 0 Å². The van der Waals surface area contributed by atoms with Crippen LogP contribution in [0.1, 0.15) is 15.9 Å². The molecule has 0 fully saturated rings. The number of anilines is 1. The van der Waals surface area contributed by atoms with E-state index < -0.39 is 0 Å². The molecule has 0 aliphatic carbocycles. The van der Waals surface area contributed by atoms with Crippen LogP contribution in [0.5, 0.6) is 0 Å². The average Bonchev–Trinajstić information content (AvgIpc) is 2.48. The van der Waals surface area contributed by atoms with Crippen molar-refractivity contribution in [2.45, 2.75) is 6.54 Å². The molecule has 5 heteroatoms. The molecule has 0 atom stereocenters. The molecule has 0 aromatic heterocycles. The first-order valence-electron chi connectivity index (χ1n) is 5.97. The Morgan fingerprint density at radius 1 is 1.30 bits per heavy atom. The third-order valence-electron chi connectivity index (χ3n) is 2.80. The lowest BCUT2D eigenvalue weighted by Crippen LogP contribution is -2.08. The third kappa shape index (κ3) is 3.52. The summed E-state index contributed by atoms with van der Waals surface area (Å²) in [6.07, 6.45) is 0. The minimum absolute atomic E-state index is 0.356. The van der Waals surface area contributed by atoms with E-state index in [2.05, 4.69) is 21.2 Å². The lowest BCUT2D eigenvalue weighted by atomic mass is 10.1. The summed E-state index contributed by atoms with van der Waals surface area (Å²) in [5.74, 6) is -0.356. The van der Waals surface area contributed by atoms with E-state index in [-0.39, 0.29) is 5.97 Å². The molecule has 0 saturated heterocycles. The number of methoxy groups -OCH3 is 1. The van der Waals surface area contributed by atoms with Gasteiger partial charge in [-0.2, -0.15) is 0 Å². The first-order valence-corrected chi connectivity index (χ1v) is 7.14. The minimum atomic E-state index is -0.356. The Morgan fingerprint density at radius 2 is 2.05 bits per heavy atom. The van der Waals surface area contributed by atoms with Crippen LogP contribution in [0, 0.1) is 0 Å². The fourth-order valence-electron chi connectivity index (χ4n) is 1.77. The van der Waals surface area contributed by atoms with Gasteiger partial charge in [0, 0.05) is 16.7 Å². The maximum absolute atomic E-state index is 11.7. The smallest absolute Gasteiger partial charge is 0.339 e. The second-order valence-electron chi connectivity index (χ2n) is 4.14. The second kappa shape index (κ2) is 6.77. The van der Waals surface area contributed by atoms with E-state index in [9.17, 15) is 4.79 Å². The molecule has 0 bridgehead atoms. The van der Waals surface area contributed by atoms with Crippen molar-refractivity contribution in [2.24, 2.45) is 0 Å². The Balaban J connectivity index is 2.14. The molecule has 0 aliphatic rings. The number of nitrogens with one attached hydrogen (secondary N) is 1. The summed E-state index contributed by atoms with van der Waals surface area (Å²) in [5, 5.41) is 3.90. The van der Waals surface area contributed by atoms with Gasteiger partial charge in [0.05, 0.1) is 17.7 Å². The summed E-state index contributed by atoms with van der Waals surface area (Å²) < 4.78 is 5.61. The van der Waals surface area contributed by atoms with Crippen molar-refractivity contribution < 1.29 is 9.53 Å². The molecule has 3 nitrogen and oxygen atoms in total. The highest BCUT2D eigenvalue weighted by atomic mass is 79.9. The molecule has 0 radical (unpaired) electrons. The van der Waals surface area contributed by atoms with Crippen LogP contribution in [-0.2, 0) is 11.3 Å². The summed E-state index contributed by atoms with van der Waals surface area (Å²) in [6.45, 7) is 0.587. The van der Waals surface area contributed by atoms with Crippen LogP contribution in [-0.4, -0.2) is 13.1 Å². The lowest BCUT2D eigenvalue weighted by molar-refractivity contribution is 0.0602. The number of benzene rings is 2. The van der Waals surface area contributed by atoms with Crippen LogP contribution in [0.4, 0.5) is 5.69 Å². The number of carbonyl (C=O) groups excluding carboxylic acids is 1. The van der Waals surface area contributed by atoms with Gasteiger partial charge in [-0.25, -0.2) is 4.79 Å². The molecule has 0 amide bonds. The first kappa shape index (κ1) is 14.9. The number of para-hydroxylation sites is 1. The number of halogens is 2. The van der Waals surface area contributed by atoms with Crippen molar-refractivity contribution in [1.82, 2.24) is 0 Å². The van der Waals surface area contributed by atoms with Gasteiger partial charge in [0.15, 0.2) is 0 Å². The zero-order valence-corrected chi connectivity index (χ0v) is 13.2. The molecule has 104 valence electrons. The number of ether oxygens (including phenoxy) is 1. The highest BCUT2D eigenvalue weighted by Crippen LogP contribution is 2.24. The van der Waals surface area contributed by atoms with E-state index >= 15 is 0 Å². The normalized spacial score (nSPS) is 10.2. The second-order valence-corrected chi connectivity index (χ2v) is 5.40. The highest BCUT2D eigenvalue weighted by molar-refractivity contribution is 9.10. The SMILES string of the molecule is COC(=O)c1ccccc1NCc1ccc(Cl)c(Br)c1. The molecule has 2 rings (SSSR count). The van der Waals surface area contributed by atoms with Gasteiger partial charge in [-0.05, 0) is 45.8 Å². The van der Waals surface area contributed by atoms with Gasteiger partial charge in [0.2, 0.25) is 0 Å². The maximum Gasteiger partial charge on any atom is 0.339 e. The summed E-state index contributed by atoms with van der Waals surface area (Å²) in [6, 6.07) is 12.9. The Morgan fingerprint density at radius 3 is 2.75 bits per heavy atom. The van der Waals surface area contributed by atoms with Gasteiger partial charge in [-0.3, -0.25) is 0 Å². The topological polar surface area (TPSA) is 38.3 Å². The van der Waals surface area contributed by atoms with Gasteiger partial charge < -0.3 is 10.1 Å². The quantitative estimate of drug-likeness (QED) is 0.822. The molecule has 0 unspecified atom stereocenters. The molecule has 1 N–H and O–H groups in total. The maximum atomic E-state index is 11.7. The van der Waals surface area contributed by atoms with Gasteiger partial charge in [0.1, 0.15) is 0 Å². The zero-order valence-electron chi connectivity index (χ0n) is 10.8. The van der Waals surface area contributed by atoms with Crippen LogP contribution in [0.3, 0.4) is 0 Å². The zero-order chi connectivity index (χ0) is 14.5. The highest BCUT2D eigenvalue weighted by Gasteiger charge is 2.10. The number of rotatable bonds is 4. The molecule has 20 heavy (non-hydrogen) atoms. The summed E-state index contributed by atoms with van der Waals surface area (Å²) in [7, 11) is 1.37. The Hall–Kier alpha value is -1.52. The molecule has 0 heterocycles. The first-order chi connectivity index (χ1) is 9.61. The van der Waals surface area contributed by atoms with Crippen LogP contribution < -0.4 is 5.32 Å². The van der Waals surface area contributed by atoms with E-state index in [1.165, 1.54) is 7.11 Å². The predicted octanol–water partition coefficient (Wildman–Crippen LogP) is 4.50. The summed E-state index contributed by atoms with van der Waals surface area (Å²) in [4.78, 5) is 11.7. The Bertz CT molecular complexity index is 631. The molecular weight excluding hydrogens is 342 g/mol. The van der Waals surface area contributed by atoms with Crippen LogP contribution in [0.15, 0.2) is 46.9 Å². The molecule has 2 aromatic carbocycles. The van der Waals surface area contributed by atoms with Crippen molar-refractivity contribution >= 4 is 39.2 Å². The van der Waals surface area contributed by atoms with Gasteiger partial charge >= 0.3 is 5.97 Å². The monoisotopic (exact) mass is 353 g/mol. The van der Waals surface area contributed by atoms with Crippen LogP contribution in [0.25, 0.3) is 0 Å². The summed E-state index contributed by atoms with van der Waals surface area (Å²) >= 11 is 9.34. The molecule has 2 aromatic rings. The number of hydrogen-bond acceptors (Lipinski definition) is 3. The predicted molar refractivity (Wildman–Crippen MR) is 84.3 cm³/mol. The summed E-state index contributed by atoms with van der Waals surface area (Å²) in [5.41, 5.74) is 2.31. The average molecular weight is 355 g/mol. The third-order valence-corrected chi connectivity index (χ3v) is 4.01. The number of hydrogen-bond donors (Lipinski definition) is 1. The molecular formula is C15H13BrClNO2. The van der Waals surface area contributed by atoms with Crippen molar-refractivity contribution in [3.63, 3.8) is 0 Å². The van der Waals surface area contributed by atoms with Crippen molar-refractivity contribution in [3.05, 3.63) is 63.1 Å². The van der Waals surface area contributed by atoms with Crippen LogP contribution in [0.2, 0.25) is 5.02 Å². The van der Waals surface area contributed by atoms with Crippen LogP contribution >= 0.6 is 27.5 Å². The lowest BCUT2D eigenvalue weighted by Gasteiger charge is -2.11. The largest absolute Gasteiger partial charge is 0.465 e. The fourth-order valence-corrected chi connectivity index (χ4v) is 2.32. The van der Waals surface area contributed by atoms with Crippen molar-refractivity contribution in [1.29, 1.82) is 0 Å². The van der Waals surface area contributed by atoms with E-state index in [0.29, 0.717) is 17.1 Å².